The van der Waals surface area contributed by atoms with E-state index in [0.717, 1.165) is 12.2 Å². The van der Waals surface area contributed by atoms with Crippen LogP contribution in [0.4, 0.5) is 11.4 Å². The van der Waals surface area contributed by atoms with E-state index >= 15 is 0 Å². The Hall–Kier alpha value is -3.35. The van der Waals surface area contributed by atoms with Crippen LogP contribution in [0.5, 0.6) is 5.75 Å². The Morgan fingerprint density at radius 1 is 0.966 bits per heavy atom. The Balaban J connectivity index is 1.47. The van der Waals surface area contributed by atoms with Crippen LogP contribution in [-0.4, -0.2) is 31.0 Å². The molecule has 0 bridgehead atoms. The normalized spacial score (nSPS) is 17.2. The number of anilines is 2. The fourth-order valence-electron chi connectivity index (χ4n) is 2.80. The number of carbonyl (C=O) groups is 3. The van der Waals surface area contributed by atoms with Gasteiger partial charge in [-0.15, -0.1) is 0 Å². The maximum Gasteiger partial charge on any atom is 0.309 e. The van der Waals surface area contributed by atoms with E-state index in [4.69, 9.17) is 9.47 Å². The summed E-state index contributed by atoms with van der Waals surface area (Å²) in [5, 5.41) is 5.44. The number of ether oxygens (including phenoxy) is 2. The number of nitrogens with one attached hydrogen (secondary N) is 2. The Morgan fingerprint density at radius 3 is 2.14 bits per heavy atom. The van der Waals surface area contributed by atoms with Gasteiger partial charge in [0, 0.05) is 16.9 Å². The largest absolute Gasteiger partial charge is 0.494 e. The summed E-state index contributed by atoms with van der Waals surface area (Å²) in [6.07, 6.45) is 0.820. The van der Waals surface area contributed by atoms with Crippen molar-refractivity contribution in [1.82, 2.24) is 0 Å². The first kappa shape index (κ1) is 20.4. The second-order valence-corrected chi connectivity index (χ2v) is 6.96. The van der Waals surface area contributed by atoms with Gasteiger partial charge >= 0.3 is 5.97 Å². The van der Waals surface area contributed by atoms with Gasteiger partial charge in [-0.05, 0) is 67.8 Å². The van der Waals surface area contributed by atoms with Crippen LogP contribution in [0.1, 0.15) is 30.6 Å². The van der Waals surface area contributed by atoms with Crippen LogP contribution in [0.2, 0.25) is 0 Å². The highest BCUT2D eigenvalue weighted by atomic mass is 16.5. The van der Waals surface area contributed by atoms with Gasteiger partial charge in [-0.2, -0.15) is 0 Å². The predicted octanol–water partition coefficient (Wildman–Crippen LogP) is 3.48. The van der Waals surface area contributed by atoms with Crippen LogP contribution in [0.3, 0.4) is 0 Å². The molecule has 0 heterocycles. The highest BCUT2D eigenvalue weighted by Gasteiger charge is 2.40. The molecule has 0 saturated heterocycles. The molecule has 152 valence electrons. The Kier molecular flexibility index (Phi) is 6.49. The molecule has 0 radical (unpaired) electrons. The van der Waals surface area contributed by atoms with Crippen molar-refractivity contribution in [1.29, 1.82) is 0 Å². The van der Waals surface area contributed by atoms with E-state index in [1.165, 1.54) is 0 Å². The molecule has 1 saturated carbocycles. The molecule has 2 aromatic carbocycles. The topological polar surface area (TPSA) is 93.7 Å². The van der Waals surface area contributed by atoms with Crippen molar-refractivity contribution in [2.45, 2.75) is 20.3 Å². The molecular weight excluding hydrogens is 372 g/mol. The quantitative estimate of drug-likeness (QED) is 0.667. The summed E-state index contributed by atoms with van der Waals surface area (Å²) in [5.74, 6) is -0.00234. The average molecular weight is 396 g/mol. The van der Waals surface area contributed by atoms with Gasteiger partial charge in [0.25, 0.3) is 11.8 Å². The molecule has 7 heteroatoms. The fourth-order valence-corrected chi connectivity index (χ4v) is 2.80. The predicted molar refractivity (Wildman–Crippen MR) is 109 cm³/mol. The van der Waals surface area contributed by atoms with Gasteiger partial charge in [0.05, 0.1) is 12.5 Å². The molecule has 0 aliphatic heterocycles. The van der Waals surface area contributed by atoms with E-state index < -0.39 is 5.91 Å². The molecule has 1 fully saturated rings. The van der Waals surface area contributed by atoms with E-state index in [9.17, 15) is 14.4 Å². The molecule has 2 amide bonds. The van der Waals surface area contributed by atoms with Crippen molar-refractivity contribution in [3.05, 3.63) is 54.1 Å². The zero-order chi connectivity index (χ0) is 20.8. The summed E-state index contributed by atoms with van der Waals surface area (Å²) in [4.78, 5) is 35.9. The molecule has 0 aromatic heterocycles. The zero-order valence-electron chi connectivity index (χ0n) is 16.4. The lowest BCUT2D eigenvalue weighted by Crippen LogP contribution is -2.21. The first-order valence-corrected chi connectivity index (χ1v) is 9.57. The molecule has 0 spiro atoms. The fraction of sp³-hybridized carbons (Fsp3) is 0.318. The second kappa shape index (κ2) is 9.23. The van der Waals surface area contributed by atoms with Crippen molar-refractivity contribution in [3.63, 3.8) is 0 Å². The van der Waals surface area contributed by atoms with Gasteiger partial charge in [0.15, 0.2) is 6.61 Å². The van der Waals surface area contributed by atoms with Crippen LogP contribution in [0.15, 0.2) is 48.5 Å². The van der Waals surface area contributed by atoms with Crippen molar-refractivity contribution in [2.75, 3.05) is 23.8 Å². The summed E-state index contributed by atoms with van der Waals surface area (Å²) in [6.45, 7) is 4.14. The van der Waals surface area contributed by atoms with Crippen LogP contribution < -0.4 is 15.4 Å². The minimum absolute atomic E-state index is 0.0732. The van der Waals surface area contributed by atoms with Crippen LogP contribution in [-0.2, 0) is 14.3 Å². The summed E-state index contributed by atoms with van der Waals surface area (Å²) >= 11 is 0. The van der Waals surface area contributed by atoms with Crippen LogP contribution in [0, 0.1) is 11.8 Å². The van der Waals surface area contributed by atoms with Gasteiger partial charge in [-0.3, -0.25) is 14.4 Å². The Labute approximate surface area is 169 Å². The van der Waals surface area contributed by atoms with Gasteiger partial charge in [0.2, 0.25) is 0 Å². The maximum atomic E-state index is 12.3. The summed E-state index contributed by atoms with van der Waals surface area (Å²) in [5.41, 5.74) is 1.62. The van der Waals surface area contributed by atoms with Crippen molar-refractivity contribution in [3.8, 4) is 5.75 Å². The summed E-state index contributed by atoms with van der Waals surface area (Å²) < 4.78 is 10.4. The molecule has 1 aliphatic rings. The molecule has 3 rings (SSSR count). The third-order valence-electron chi connectivity index (χ3n) is 4.61. The van der Waals surface area contributed by atoms with Crippen molar-refractivity contribution < 1.29 is 23.9 Å². The van der Waals surface area contributed by atoms with E-state index in [1.54, 1.807) is 48.5 Å². The lowest BCUT2D eigenvalue weighted by molar-refractivity contribution is -0.148. The van der Waals surface area contributed by atoms with Crippen LogP contribution in [0.25, 0.3) is 0 Å². The number of amides is 2. The first-order chi connectivity index (χ1) is 14.0. The molecule has 29 heavy (non-hydrogen) atoms. The summed E-state index contributed by atoms with van der Waals surface area (Å²) in [6, 6.07) is 13.6. The van der Waals surface area contributed by atoms with Crippen LogP contribution >= 0.6 is 0 Å². The van der Waals surface area contributed by atoms with Gasteiger partial charge in [0.1, 0.15) is 5.75 Å². The minimum Gasteiger partial charge on any atom is -0.494 e. The standard InChI is InChI=1S/C22H24N2O5/c1-3-28-18-10-8-17(9-11-18)24-21(26)15-4-6-16(7-5-15)23-20(25)13-29-22(27)19-12-14(19)2/h4-11,14,19H,3,12-13H2,1-2H3,(H,23,25)(H,24,26)/t14-,19+/m0/s1. The van der Waals surface area contributed by atoms with E-state index in [-0.39, 0.29) is 24.4 Å². The molecule has 2 N–H and O–H groups in total. The molecule has 0 unspecified atom stereocenters. The number of rotatable bonds is 8. The molecule has 2 aromatic rings. The lowest BCUT2D eigenvalue weighted by atomic mass is 10.2. The average Bonchev–Trinajstić information content (AvgIpc) is 3.45. The summed E-state index contributed by atoms with van der Waals surface area (Å²) in [7, 11) is 0. The van der Waals surface area contributed by atoms with E-state index in [2.05, 4.69) is 10.6 Å². The minimum atomic E-state index is -0.418. The SMILES string of the molecule is CCOc1ccc(NC(=O)c2ccc(NC(=O)COC(=O)[C@@H]3C[C@@H]3C)cc2)cc1. The second-order valence-electron chi connectivity index (χ2n) is 6.96. The lowest BCUT2D eigenvalue weighted by Gasteiger charge is -2.09. The monoisotopic (exact) mass is 396 g/mol. The van der Waals surface area contributed by atoms with Gasteiger partial charge < -0.3 is 20.1 Å². The first-order valence-electron chi connectivity index (χ1n) is 9.57. The smallest absolute Gasteiger partial charge is 0.309 e. The molecule has 2 atom stereocenters. The zero-order valence-corrected chi connectivity index (χ0v) is 16.4. The molecule has 1 aliphatic carbocycles. The highest BCUT2D eigenvalue weighted by Crippen LogP contribution is 2.38. The van der Waals surface area contributed by atoms with E-state index in [1.807, 2.05) is 13.8 Å². The third kappa shape index (κ3) is 5.81. The number of carbonyl (C=O) groups excluding carboxylic acids is 3. The number of esters is 1. The molecule has 7 nitrogen and oxygen atoms in total. The Morgan fingerprint density at radius 2 is 1.55 bits per heavy atom. The third-order valence-corrected chi connectivity index (χ3v) is 4.61. The number of hydrogen-bond donors (Lipinski definition) is 2. The maximum absolute atomic E-state index is 12.3. The van der Waals surface area contributed by atoms with Crippen molar-refractivity contribution in [2.24, 2.45) is 11.8 Å². The number of benzene rings is 2. The highest BCUT2D eigenvalue weighted by molar-refractivity contribution is 6.04. The van der Waals surface area contributed by atoms with Gasteiger partial charge in [-0.25, -0.2) is 0 Å². The Bertz CT molecular complexity index is 877. The molecular formula is C22H24N2O5. The number of hydrogen-bond acceptors (Lipinski definition) is 5. The van der Waals surface area contributed by atoms with E-state index in [0.29, 0.717) is 29.5 Å². The van der Waals surface area contributed by atoms with Gasteiger partial charge in [-0.1, -0.05) is 6.92 Å². The van der Waals surface area contributed by atoms with Crippen molar-refractivity contribution >= 4 is 29.2 Å².